The van der Waals surface area contributed by atoms with E-state index in [4.69, 9.17) is 4.74 Å². The molecule has 0 amide bonds. The minimum atomic E-state index is 0.395. The highest BCUT2D eigenvalue weighted by Crippen LogP contribution is 2.27. The summed E-state index contributed by atoms with van der Waals surface area (Å²) in [7, 11) is 0. The van der Waals surface area contributed by atoms with Gasteiger partial charge in [0.25, 0.3) is 0 Å². The van der Waals surface area contributed by atoms with Crippen LogP contribution in [0.5, 0.6) is 0 Å². The van der Waals surface area contributed by atoms with Crippen LogP contribution in [0.2, 0.25) is 0 Å². The van der Waals surface area contributed by atoms with E-state index in [-0.39, 0.29) is 0 Å². The molecule has 0 aromatic carbocycles. The van der Waals surface area contributed by atoms with Crippen LogP contribution in [0.4, 0.5) is 0 Å². The first kappa shape index (κ1) is 18.9. The molecule has 0 aliphatic carbocycles. The minimum absolute atomic E-state index is 0.395. The van der Waals surface area contributed by atoms with Crippen molar-refractivity contribution in [3.63, 3.8) is 0 Å². The molecular formula is C16H36N2O. The summed E-state index contributed by atoms with van der Waals surface area (Å²) < 4.78 is 5.49. The average Bonchev–Trinajstić information content (AvgIpc) is 2.42. The lowest BCUT2D eigenvalue weighted by molar-refractivity contribution is 0.0835. The summed E-state index contributed by atoms with van der Waals surface area (Å²) in [5.74, 6) is 0. The second-order valence-corrected chi connectivity index (χ2v) is 5.81. The fourth-order valence-corrected chi connectivity index (χ4v) is 2.36. The molecule has 0 saturated carbocycles. The van der Waals surface area contributed by atoms with Crippen LogP contribution >= 0.6 is 0 Å². The molecule has 0 aliphatic heterocycles. The smallest absolute Gasteiger partial charge is 0.0593 e. The standard InChI is InChI=1S/C16H36N2O/c1-7-16(8-2,13-17-15(5)6)14-18(9-3)11-12-19-10-4/h15,17H,7-14H2,1-6H3. The van der Waals surface area contributed by atoms with Gasteiger partial charge < -0.3 is 15.0 Å². The summed E-state index contributed by atoms with van der Waals surface area (Å²) in [6.45, 7) is 19.5. The third kappa shape index (κ3) is 7.91. The molecule has 0 spiro atoms. The van der Waals surface area contributed by atoms with Crippen LogP contribution in [0.15, 0.2) is 0 Å². The fraction of sp³-hybridized carbons (Fsp3) is 1.00. The highest BCUT2D eigenvalue weighted by molar-refractivity contribution is 4.83. The first-order chi connectivity index (χ1) is 9.03. The van der Waals surface area contributed by atoms with Crippen LogP contribution in [0.1, 0.15) is 54.4 Å². The van der Waals surface area contributed by atoms with Crippen LogP contribution in [0.25, 0.3) is 0 Å². The van der Waals surface area contributed by atoms with Gasteiger partial charge in [-0.05, 0) is 31.7 Å². The largest absolute Gasteiger partial charge is 0.380 e. The van der Waals surface area contributed by atoms with Gasteiger partial charge in [-0.25, -0.2) is 0 Å². The van der Waals surface area contributed by atoms with Crippen LogP contribution in [0.3, 0.4) is 0 Å². The van der Waals surface area contributed by atoms with E-state index in [9.17, 15) is 0 Å². The maximum Gasteiger partial charge on any atom is 0.0593 e. The molecule has 19 heavy (non-hydrogen) atoms. The molecule has 0 radical (unpaired) electrons. The van der Waals surface area contributed by atoms with Crippen molar-refractivity contribution in [1.82, 2.24) is 10.2 Å². The van der Waals surface area contributed by atoms with Gasteiger partial charge in [-0.2, -0.15) is 0 Å². The molecule has 0 aromatic rings. The molecule has 116 valence electrons. The highest BCUT2D eigenvalue weighted by Gasteiger charge is 2.28. The van der Waals surface area contributed by atoms with Gasteiger partial charge in [-0.15, -0.1) is 0 Å². The quantitative estimate of drug-likeness (QED) is 0.552. The van der Waals surface area contributed by atoms with Crippen molar-refractivity contribution in [2.45, 2.75) is 60.4 Å². The zero-order valence-electron chi connectivity index (χ0n) is 14.1. The van der Waals surface area contributed by atoms with Gasteiger partial charge in [0.1, 0.15) is 0 Å². The van der Waals surface area contributed by atoms with Crippen molar-refractivity contribution in [2.24, 2.45) is 5.41 Å². The number of nitrogens with one attached hydrogen (secondary N) is 1. The molecule has 0 bridgehead atoms. The third-order valence-electron chi connectivity index (χ3n) is 4.15. The Balaban J connectivity index is 4.41. The second-order valence-electron chi connectivity index (χ2n) is 5.81. The number of rotatable bonds is 12. The summed E-state index contributed by atoms with van der Waals surface area (Å²) in [5.41, 5.74) is 0.395. The molecule has 0 saturated heterocycles. The Morgan fingerprint density at radius 2 is 1.74 bits per heavy atom. The van der Waals surface area contributed by atoms with Gasteiger partial charge in [0, 0.05) is 32.3 Å². The zero-order valence-corrected chi connectivity index (χ0v) is 14.1. The maximum absolute atomic E-state index is 5.49. The first-order valence-corrected chi connectivity index (χ1v) is 8.07. The Morgan fingerprint density at radius 3 is 2.16 bits per heavy atom. The van der Waals surface area contributed by atoms with E-state index < -0.39 is 0 Å². The number of nitrogens with zero attached hydrogens (tertiary/aromatic N) is 1. The van der Waals surface area contributed by atoms with Crippen molar-refractivity contribution >= 4 is 0 Å². The summed E-state index contributed by atoms with van der Waals surface area (Å²) in [6.07, 6.45) is 2.46. The molecule has 0 rings (SSSR count). The van der Waals surface area contributed by atoms with E-state index >= 15 is 0 Å². The molecule has 3 nitrogen and oxygen atoms in total. The van der Waals surface area contributed by atoms with Crippen molar-refractivity contribution in [3.05, 3.63) is 0 Å². The molecule has 0 atom stereocenters. The average molecular weight is 272 g/mol. The van der Waals surface area contributed by atoms with E-state index in [1.165, 1.54) is 19.4 Å². The molecule has 0 heterocycles. The predicted octanol–water partition coefficient (Wildman–Crippen LogP) is 3.15. The van der Waals surface area contributed by atoms with Crippen molar-refractivity contribution in [3.8, 4) is 0 Å². The lowest BCUT2D eigenvalue weighted by Crippen LogP contribution is -2.46. The number of likely N-dealkylation sites (N-methyl/N-ethyl adjacent to an activating group) is 1. The SMILES string of the molecule is CCOCCN(CC)CC(CC)(CC)CNC(C)C. The van der Waals surface area contributed by atoms with E-state index in [1.807, 2.05) is 0 Å². The Morgan fingerprint density at radius 1 is 1.11 bits per heavy atom. The highest BCUT2D eigenvalue weighted by atomic mass is 16.5. The Kier molecular flexibility index (Phi) is 10.6. The number of hydrogen-bond donors (Lipinski definition) is 1. The van der Waals surface area contributed by atoms with Gasteiger partial charge in [-0.3, -0.25) is 0 Å². The van der Waals surface area contributed by atoms with E-state index in [0.717, 1.165) is 32.8 Å². The molecular weight excluding hydrogens is 236 g/mol. The van der Waals surface area contributed by atoms with Crippen molar-refractivity contribution in [1.29, 1.82) is 0 Å². The van der Waals surface area contributed by atoms with E-state index in [1.54, 1.807) is 0 Å². The normalized spacial score (nSPS) is 12.6. The van der Waals surface area contributed by atoms with Crippen LogP contribution in [0, 0.1) is 5.41 Å². The maximum atomic E-state index is 5.49. The molecule has 0 aliphatic rings. The lowest BCUT2D eigenvalue weighted by Gasteiger charge is -2.38. The molecule has 3 heteroatoms. The Bertz CT molecular complexity index is 203. The molecule has 0 aromatic heterocycles. The fourth-order valence-electron chi connectivity index (χ4n) is 2.36. The predicted molar refractivity (Wildman–Crippen MR) is 84.8 cm³/mol. The van der Waals surface area contributed by atoms with Crippen LogP contribution in [-0.2, 0) is 4.74 Å². The van der Waals surface area contributed by atoms with Gasteiger partial charge in [0.2, 0.25) is 0 Å². The van der Waals surface area contributed by atoms with Crippen molar-refractivity contribution < 1.29 is 4.74 Å². The van der Waals surface area contributed by atoms with Crippen LogP contribution < -0.4 is 5.32 Å². The van der Waals surface area contributed by atoms with Crippen molar-refractivity contribution in [2.75, 3.05) is 39.4 Å². The third-order valence-corrected chi connectivity index (χ3v) is 4.15. The van der Waals surface area contributed by atoms with Crippen LogP contribution in [-0.4, -0.2) is 50.3 Å². The number of ether oxygens (including phenoxy) is 1. The van der Waals surface area contributed by atoms with Gasteiger partial charge >= 0.3 is 0 Å². The molecule has 0 unspecified atom stereocenters. The monoisotopic (exact) mass is 272 g/mol. The Hall–Kier alpha value is -0.120. The van der Waals surface area contributed by atoms with E-state index in [2.05, 4.69) is 51.8 Å². The number of hydrogen-bond acceptors (Lipinski definition) is 3. The van der Waals surface area contributed by atoms with E-state index in [0.29, 0.717) is 11.5 Å². The first-order valence-electron chi connectivity index (χ1n) is 8.07. The Labute approximate surface area is 121 Å². The minimum Gasteiger partial charge on any atom is -0.380 e. The second kappa shape index (κ2) is 10.6. The summed E-state index contributed by atoms with van der Waals surface area (Å²) in [5, 5.41) is 3.63. The summed E-state index contributed by atoms with van der Waals surface area (Å²) >= 11 is 0. The lowest BCUT2D eigenvalue weighted by atomic mass is 9.81. The molecule has 1 N–H and O–H groups in total. The topological polar surface area (TPSA) is 24.5 Å². The molecule has 0 fully saturated rings. The van der Waals surface area contributed by atoms with Gasteiger partial charge in [0.05, 0.1) is 6.61 Å². The summed E-state index contributed by atoms with van der Waals surface area (Å²) in [4.78, 5) is 2.53. The van der Waals surface area contributed by atoms with Gasteiger partial charge in [0.15, 0.2) is 0 Å². The van der Waals surface area contributed by atoms with Gasteiger partial charge in [-0.1, -0.05) is 34.6 Å². The summed E-state index contributed by atoms with van der Waals surface area (Å²) in [6, 6.07) is 0.566. The zero-order chi connectivity index (χ0) is 14.7.